The molecular weight excluding hydrogens is 368 g/mol. The third-order valence-corrected chi connectivity index (χ3v) is 4.47. The first-order valence-electron chi connectivity index (χ1n) is 8.74. The number of alkyl halides is 2. The van der Waals surface area contributed by atoms with E-state index in [1.54, 1.807) is 24.5 Å². The summed E-state index contributed by atoms with van der Waals surface area (Å²) in [6, 6.07) is 10.1. The highest BCUT2D eigenvalue weighted by Crippen LogP contribution is 2.26. The Bertz CT molecular complexity index is 984. The van der Waals surface area contributed by atoms with Gasteiger partial charge in [0.05, 0.1) is 5.56 Å². The molecule has 8 heteroatoms. The molecular formula is C20H19F2N3O3. The third-order valence-electron chi connectivity index (χ3n) is 4.47. The standard InChI is InChI=1S/C20H19F2N3O3/c21-20(22,8-9-23-13-26)7-5-14-11-16-6-10-25(18(16)24-12-14)17-3-1-15(2-4-17)19(27)28/h1-4,6,10-13H,5,7-9H2,(H,23,26)(H,27,28). The van der Waals surface area contributed by atoms with Crippen molar-refractivity contribution >= 4 is 23.4 Å². The van der Waals surface area contributed by atoms with E-state index in [2.05, 4.69) is 10.3 Å². The normalized spacial score (nSPS) is 11.5. The van der Waals surface area contributed by atoms with Gasteiger partial charge in [0, 0.05) is 42.9 Å². The van der Waals surface area contributed by atoms with Gasteiger partial charge in [-0.25, -0.2) is 18.6 Å². The summed E-state index contributed by atoms with van der Waals surface area (Å²) in [6.45, 7) is -0.0582. The van der Waals surface area contributed by atoms with E-state index in [9.17, 15) is 18.4 Å². The van der Waals surface area contributed by atoms with Crippen molar-refractivity contribution < 1.29 is 23.5 Å². The third kappa shape index (κ3) is 4.51. The number of carboxylic acid groups (broad SMARTS) is 1. The number of hydrogen-bond donors (Lipinski definition) is 2. The molecule has 0 aliphatic carbocycles. The summed E-state index contributed by atoms with van der Waals surface area (Å²) in [5.41, 5.74) is 2.32. The van der Waals surface area contributed by atoms with Crippen molar-refractivity contribution in [1.82, 2.24) is 14.9 Å². The van der Waals surface area contributed by atoms with Crippen molar-refractivity contribution in [1.29, 1.82) is 0 Å². The molecule has 0 bridgehead atoms. The van der Waals surface area contributed by atoms with Gasteiger partial charge in [-0.15, -0.1) is 0 Å². The number of amides is 1. The Balaban J connectivity index is 1.73. The number of halogens is 2. The second kappa shape index (κ2) is 8.16. The predicted octanol–water partition coefficient (Wildman–Crippen LogP) is 3.43. The molecule has 0 unspecified atom stereocenters. The van der Waals surface area contributed by atoms with Gasteiger partial charge in [0.1, 0.15) is 5.65 Å². The maximum absolute atomic E-state index is 13.8. The molecule has 1 amide bonds. The summed E-state index contributed by atoms with van der Waals surface area (Å²) in [4.78, 5) is 25.5. The van der Waals surface area contributed by atoms with E-state index in [0.29, 0.717) is 17.6 Å². The van der Waals surface area contributed by atoms with Gasteiger partial charge in [-0.3, -0.25) is 4.79 Å². The maximum atomic E-state index is 13.8. The Morgan fingerprint density at radius 3 is 2.64 bits per heavy atom. The number of pyridine rings is 1. The van der Waals surface area contributed by atoms with Gasteiger partial charge in [0.25, 0.3) is 0 Å². The summed E-state index contributed by atoms with van der Waals surface area (Å²) in [5, 5.41) is 12.0. The second-order valence-corrected chi connectivity index (χ2v) is 6.47. The molecule has 0 saturated heterocycles. The molecule has 0 radical (unpaired) electrons. The molecule has 2 aromatic heterocycles. The van der Waals surface area contributed by atoms with Gasteiger partial charge >= 0.3 is 5.97 Å². The van der Waals surface area contributed by atoms with Crippen LogP contribution in [0.3, 0.4) is 0 Å². The summed E-state index contributed by atoms with van der Waals surface area (Å²) in [7, 11) is 0. The van der Waals surface area contributed by atoms with Gasteiger partial charge in [0.2, 0.25) is 12.3 Å². The minimum absolute atomic E-state index is 0.0582. The van der Waals surface area contributed by atoms with Crippen LogP contribution in [0.2, 0.25) is 0 Å². The molecule has 6 nitrogen and oxygen atoms in total. The quantitative estimate of drug-likeness (QED) is 0.435. The van der Waals surface area contributed by atoms with Gasteiger partial charge in [-0.2, -0.15) is 0 Å². The number of aromatic nitrogens is 2. The minimum Gasteiger partial charge on any atom is -0.478 e. The highest BCUT2D eigenvalue weighted by Gasteiger charge is 2.27. The number of carbonyl (C=O) groups excluding carboxylic acids is 1. The van der Waals surface area contributed by atoms with E-state index in [-0.39, 0.29) is 24.9 Å². The lowest BCUT2D eigenvalue weighted by atomic mass is 10.0. The molecule has 0 spiro atoms. The van der Waals surface area contributed by atoms with E-state index in [1.165, 1.54) is 12.1 Å². The average molecular weight is 387 g/mol. The number of aryl methyl sites for hydroxylation is 1. The Morgan fingerprint density at radius 1 is 1.21 bits per heavy atom. The Hall–Kier alpha value is -3.29. The summed E-state index contributed by atoms with van der Waals surface area (Å²) in [5.74, 6) is -3.85. The molecule has 1 aromatic carbocycles. The Kier molecular flexibility index (Phi) is 5.67. The number of carbonyl (C=O) groups is 2. The van der Waals surface area contributed by atoms with Crippen LogP contribution in [0.15, 0.2) is 48.8 Å². The van der Waals surface area contributed by atoms with E-state index in [0.717, 1.165) is 11.1 Å². The summed E-state index contributed by atoms with van der Waals surface area (Å²) < 4.78 is 29.5. The van der Waals surface area contributed by atoms with Crippen LogP contribution in [-0.2, 0) is 11.2 Å². The molecule has 3 aromatic rings. The zero-order chi connectivity index (χ0) is 20.1. The smallest absolute Gasteiger partial charge is 0.335 e. The van der Waals surface area contributed by atoms with Gasteiger partial charge in [-0.05, 0) is 48.4 Å². The van der Waals surface area contributed by atoms with Crippen molar-refractivity contribution in [2.45, 2.75) is 25.2 Å². The summed E-state index contributed by atoms with van der Waals surface area (Å²) >= 11 is 0. The molecule has 2 N–H and O–H groups in total. The number of aromatic carboxylic acids is 1. The molecule has 3 rings (SSSR count). The number of carboxylic acids is 1. The van der Waals surface area contributed by atoms with Gasteiger partial charge in [-0.1, -0.05) is 0 Å². The highest BCUT2D eigenvalue weighted by molar-refractivity contribution is 5.88. The number of rotatable bonds is 9. The fraction of sp³-hybridized carbons (Fsp3) is 0.250. The molecule has 0 fully saturated rings. The maximum Gasteiger partial charge on any atom is 0.335 e. The minimum atomic E-state index is -2.86. The fourth-order valence-corrected chi connectivity index (χ4v) is 2.95. The van der Waals surface area contributed by atoms with E-state index in [1.807, 2.05) is 16.7 Å². The van der Waals surface area contributed by atoms with Crippen LogP contribution in [0.1, 0.15) is 28.8 Å². The van der Waals surface area contributed by atoms with Crippen LogP contribution in [0.5, 0.6) is 0 Å². The zero-order valence-corrected chi connectivity index (χ0v) is 14.9. The van der Waals surface area contributed by atoms with Crippen molar-refractivity contribution in [3.63, 3.8) is 0 Å². The second-order valence-electron chi connectivity index (χ2n) is 6.47. The first kappa shape index (κ1) is 19.5. The lowest BCUT2D eigenvalue weighted by molar-refractivity contribution is -0.109. The molecule has 0 saturated carbocycles. The first-order valence-corrected chi connectivity index (χ1v) is 8.74. The van der Waals surface area contributed by atoms with Crippen LogP contribution in [0.25, 0.3) is 16.7 Å². The van der Waals surface area contributed by atoms with E-state index >= 15 is 0 Å². The number of nitrogens with zero attached hydrogens (tertiary/aromatic N) is 2. The van der Waals surface area contributed by atoms with Gasteiger partial charge in [0.15, 0.2) is 0 Å². The van der Waals surface area contributed by atoms with E-state index < -0.39 is 18.3 Å². The SMILES string of the molecule is O=CNCCC(F)(F)CCc1cnc2c(ccn2-c2ccc(C(=O)O)cc2)c1. The Labute approximate surface area is 159 Å². The number of fused-ring (bicyclic) bond motifs is 1. The fourth-order valence-electron chi connectivity index (χ4n) is 2.95. The molecule has 0 aliphatic rings. The largest absolute Gasteiger partial charge is 0.478 e. The van der Waals surface area contributed by atoms with Crippen LogP contribution in [-0.4, -0.2) is 39.5 Å². The van der Waals surface area contributed by atoms with Crippen LogP contribution >= 0.6 is 0 Å². The number of nitrogens with one attached hydrogen (secondary N) is 1. The highest BCUT2D eigenvalue weighted by atomic mass is 19.3. The predicted molar refractivity (Wildman–Crippen MR) is 100.0 cm³/mol. The molecule has 0 aliphatic heterocycles. The van der Waals surface area contributed by atoms with Crippen molar-refractivity contribution in [2.24, 2.45) is 0 Å². The average Bonchev–Trinajstić information content (AvgIpc) is 3.10. The summed E-state index contributed by atoms with van der Waals surface area (Å²) in [6.07, 6.45) is 3.24. The van der Waals surface area contributed by atoms with Gasteiger partial charge < -0.3 is 15.0 Å². The zero-order valence-electron chi connectivity index (χ0n) is 14.9. The lowest BCUT2D eigenvalue weighted by Crippen LogP contribution is -2.24. The van der Waals surface area contributed by atoms with Crippen LogP contribution < -0.4 is 5.32 Å². The topological polar surface area (TPSA) is 84.2 Å². The first-order chi connectivity index (χ1) is 13.4. The molecule has 2 heterocycles. The van der Waals surface area contributed by atoms with Crippen LogP contribution in [0.4, 0.5) is 8.78 Å². The lowest BCUT2D eigenvalue weighted by Gasteiger charge is -2.15. The number of benzene rings is 1. The molecule has 0 atom stereocenters. The molecule has 146 valence electrons. The van der Waals surface area contributed by atoms with Crippen molar-refractivity contribution in [3.05, 3.63) is 59.9 Å². The van der Waals surface area contributed by atoms with E-state index in [4.69, 9.17) is 5.11 Å². The molecule has 28 heavy (non-hydrogen) atoms. The van der Waals surface area contributed by atoms with Crippen LogP contribution in [0, 0.1) is 0 Å². The van der Waals surface area contributed by atoms with Crippen molar-refractivity contribution in [2.75, 3.05) is 6.54 Å². The Morgan fingerprint density at radius 2 is 1.96 bits per heavy atom. The van der Waals surface area contributed by atoms with Crippen molar-refractivity contribution in [3.8, 4) is 5.69 Å². The number of hydrogen-bond acceptors (Lipinski definition) is 3. The monoisotopic (exact) mass is 387 g/mol.